The number of aromatic nitrogens is 2. The standard InChI is InChI=1S/C12H13N3O2S/c1-7-3-4-18-10(7)6-14-11-9(12(16)17)5-13-8(2)15-11/h3-5H,6H2,1-2H3,(H,16,17)(H,13,14,15). The molecule has 6 heteroatoms. The van der Waals surface area contributed by atoms with Crippen LogP contribution in [0.3, 0.4) is 0 Å². The molecule has 0 amide bonds. The zero-order chi connectivity index (χ0) is 13.1. The smallest absolute Gasteiger partial charge is 0.341 e. The van der Waals surface area contributed by atoms with Crippen molar-refractivity contribution in [2.24, 2.45) is 0 Å². The molecule has 0 aromatic carbocycles. The molecular formula is C12H13N3O2S. The van der Waals surface area contributed by atoms with Gasteiger partial charge in [-0.05, 0) is 30.9 Å². The highest BCUT2D eigenvalue weighted by molar-refractivity contribution is 7.10. The van der Waals surface area contributed by atoms with Crippen molar-refractivity contribution in [3.05, 3.63) is 39.5 Å². The van der Waals surface area contributed by atoms with Gasteiger partial charge in [0.25, 0.3) is 0 Å². The summed E-state index contributed by atoms with van der Waals surface area (Å²) >= 11 is 1.63. The van der Waals surface area contributed by atoms with E-state index in [9.17, 15) is 4.79 Å². The molecule has 0 radical (unpaired) electrons. The van der Waals surface area contributed by atoms with Crippen molar-refractivity contribution in [3.8, 4) is 0 Å². The summed E-state index contributed by atoms with van der Waals surface area (Å²) < 4.78 is 0. The maximum atomic E-state index is 11.0. The molecule has 0 saturated heterocycles. The topological polar surface area (TPSA) is 75.1 Å². The van der Waals surface area contributed by atoms with Gasteiger partial charge in [-0.3, -0.25) is 0 Å². The summed E-state index contributed by atoms with van der Waals surface area (Å²) in [5.41, 5.74) is 1.28. The third-order valence-electron chi connectivity index (χ3n) is 2.52. The van der Waals surface area contributed by atoms with Gasteiger partial charge in [0, 0.05) is 11.1 Å². The first-order valence-corrected chi connectivity index (χ1v) is 6.29. The molecule has 0 atom stereocenters. The number of rotatable bonds is 4. The number of anilines is 1. The van der Waals surface area contributed by atoms with Gasteiger partial charge < -0.3 is 10.4 Å². The van der Waals surface area contributed by atoms with Gasteiger partial charge in [0.2, 0.25) is 0 Å². The monoisotopic (exact) mass is 263 g/mol. The zero-order valence-electron chi connectivity index (χ0n) is 10.1. The molecule has 0 spiro atoms. The van der Waals surface area contributed by atoms with Crippen molar-refractivity contribution in [1.82, 2.24) is 9.97 Å². The lowest BCUT2D eigenvalue weighted by Crippen LogP contribution is -2.10. The van der Waals surface area contributed by atoms with Crippen LogP contribution in [0.15, 0.2) is 17.6 Å². The van der Waals surface area contributed by atoms with Crippen LogP contribution in [0.4, 0.5) is 5.82 Å². The summed E-state index contributed by atoms with van der Waals surface area (Å²) in [6.45, 7) is 4.32. The average Bonchev–Trinajstić information content (AvgIpc) is 2.72. The second kappa shape index (κ2) is 5.14. The van der Waals surface area contributed by atoms with E-state index in [4.69, 9.17) is 5.11 Å². The van der Waals surface area contributed by atoms with Crippen molar-refractivity contribution in [1.29, 1.82) is 0 Å². The van der Waals surface area contributed by atoms with Crippen molar-refractivity contribution >= 4 is 23.1 Å². The molecule has 0 aliphatic carbocycles. The van der Waals surface area contributed by atoms with Crippen LogP contribution in [0.5, 0.6) is 0 Å². The van der Waals surface area contributed by atoms with Crippen LogP contribution in [0.25, 0.3) is 0 Å². The molecule has 0 aliphatic heterocycles. The van der Waals surface area contributed by atoms with Gasteiger partial charge in [-0.25, -0.2) is 14.8 Å². The lowest BCUT2D eigenvalue weighted by atomic mass is 10.2. The third kappa shape index (κ3) is 2.65. The molecule has 2 heterocycles. The molecule has 94 valence electrons. The Balaban J connectivity index is 2.20. The summed E-state index contributed by atoms with van der Waals surface area (Å²) in [5, 5.41) is 14.1. The molecule has 0 fully saturated rings. The van der Waals surface area contributed by atoms with E-state index in [-0.39, 0.29) is 5.56 Å². The van der Waals surface area contributed by atoms with Crippen LogP contribution in [-0.2, 0) is 6.54 Å². The first kappa shape index (κ1) is 12.5. The maximum Gasteiger partial charge on any atom is 0.341 e. The fraction of sp³-hybridized carbons (Fsp3) is 0.250. The minimum atomic E-state index is -1.03. The molecule has 2 aromatic rings. The number of nitrogens with zero attached hydrogens (tertiary/aromatic N) is 2. The number of aryl methyl sites for hydroxylation is 2. The van der Waals surface area contributed by atoms with Crippen molar-refractivity contribution in [2.45, 2.75) is 20.4 Å². The van der Waals surface area contributed by atoms with Crippen LogP contribution in [0.1, 0.15) is 26.6 Å². The van der Waals surface area contributed by atoms with Crippen LogP contribution >= 0.6 is 11.3 Å². The Labute approximate surface area is 109 Å². The second-order valence-electron chi connectivity index (χ2n) is 3.86. The Morgan fingerprint density at radius 3 is 2.89 bits per heavy atom. The highest BCUT2D eigenvalue weighted by atomic mass is 32.1. The molecular weight excluding hydrogens is 250 g/mol. The minimum Gasteiger partial charge on any atom is -0.477 e. The Morgan fingerprint density at radius 1 is 1.50 bits per heavy atom. The van der Waals surface area contributed by atoms with Crippen LogP contribution < -0.4 is 5.32 Å². The quantitative estimate of drug-likeness (QED) is 0.886. The minimum absolute atomic E-state index is 0.0924. The molecule has 5 nitrogen and oxygen atoms in total. The number of carboxylic acid groups (broad SMARTS) is 1. The Kier molecular flexibility index (Phi) is 3.57. The lowest BCUT2D eigenvalue weighted by Gasteiger charge is -2.08. The van der Waals surface area contributed by atoms with Crippen LogP contribution in [-0.4, -0.2) is 21.0 Å². The highest BCUT2D eigenvalue weighted by Gasteiger charge is 2.12. The number of hydrogen-bond donors (Lipinski definition) is 2. The van der Waals surface area contributed by atoms with Gasteiger partial charge in [0.15, 0.2) is 0 Å². The first-order chi connectivity index (χ1) is 8.58. The van der Waals surface area contributed by atoms with Gasteiger partial charge >= 0.3 is 5.97 Å². The molecule has 0 aliphatic rings. The molecule has 0 unspecified atom stereocenters. The number of thiophene rings is 1. The Morgan fingerprint density at radius 2 is 2.28 bits per heavy atom. The van der Waals surface area contributed by atoms with Crippen molar-refractivity contribution in [3.63, 3.8) is 0 Å². The van der Waals surface area contributed by atoms with E-state index >= 15 is 0 Å². The molecule has 18 heavy (non-hydrogen) atoms. The largest absolute Gasteiger partial charge is 0.477 e. The van der Waals surface area contributed by atoms with Crippen LogP contribution in [0, 0.1) is 13.8 Å². The number of hydrogen-bond acceptors (Lipinski definition) is 5. The Bertz CT molecular complexity index is 580. The number of aromatic carboxylic acids is 1. The summed E-state index contributed by atoms with van der Waals surface area (Å²) in [6, 6.07) is 2.03. The zero-order valence-corrected chi connectivity index (χ0v) is 10.9. The fourth-order valence-corrected chi connectivity index (χ4v) is 2.36. The summed E-state index contributed by atoms with van der Waals surface area (Å²) in [5.74, 6) is -0.117. The highest BCUT2D eigenvalue weighted by Crippen LogP contribution is 2.18. The molecule has 2 N–H and O–H groups in total. The van der Waals surface area contributed by atoms with E-state index < -0.39 is 5.97 Å². The first-order valence-electron chi connectivity index (χ1n) is 5.41. The second-order valence-corrected chi connectivity index (χ2v) is 4.87. The van der Waals surface area contributed by atoms with Gasteiger partial charge in [0.1, 0.15) is 17.2 Å². The molecule has 0 bridgehead atoms. The van der Waals surface area contributed by atoms with E-state index in [1.54, 1.807) is 18.3 Å². The normalized spacial score (nSPS) is 10.3. The van der Waals surface area contributed by atoms with Crippen molar-refractivity contribution in [2.75, 3.05) is 5.32 Å². The number of carbonyl (C=O) groups is 1. The Hall–Kier alpha value is -1.95. The summed E-state index contributed by atoms with van der Waals surface area (Å²) in [7, 11) is 0. The predicted molar refractivity (Wildman–Crippen MR) is 70.1 cm³/mol. The van der Waals surface area contributed by atoms with Gasteiger partial charge in [0.05, 0.1) is 6.54 Å². The fourth-order valence-electron chi connectivity index (χ4n) is 1.51. The van der Waals surface area contributed by atoms with E-state index in [0.29, 0.717) is 18.2 Å². The van der Waals surface area contributed by atoms with E-state index in [2.05, 4.69) is 15.3 Å². The number of nitrogens with one attached hydrogen (secondary N) is 1. The molecule has 2 rings (SSSR count). The van der Waals surface area contributed by atoms with Gasteiger partial charge in [-0.2, -0.15) is 0 Å². The lowest BCUT2D eigenvalue weighted by molar-refractivity contribution is 0.0697. The SMILES string of the molecule is Cc1ncc(C(=O)O)c(NCc2sccc2C)n1. The number of carboxylic acids is 1. The summed E-state index contributed by atoms with van der Waals surface area (Å²) in [6.07, 6.45) is 1.33. The molecule has 2 aromatic heterocycles. The van der Waals surface area contributed by atoms with E-state index in [1.165, 1.54) is 16.6 Å². The maximum absolute atomic E-state index is 11.0. The third-order valence-corrected chi connectivity index (χ3v) is 3.55. The van der Waals surface area contributed by atoms with Gasteiger partial charge in [-0.15, -0.1) is 11.3 Å². The van der Waals surface area contributed by atoms with Gasteiger partial charge in [-0.1, -0.05) is 0 Å². The average molecular weight is 263 g/mol. The van der Waals surface area contributed by atoms with E-state index in [1.807, 2.05) is 18.4 Å². The summed E-state index contributed by atoms with van der Waals surface area (Å²) in [4.78, 5) is 20.2. The molecule has 0 saturated carbocycles. The van der Waals surface area contributed by atoms with Crippen molar-refractivity contribution < 1.29 is 9.90 Å². The van der Waals surface area contributed by atoms with E-state index in [0.717, 1.165) is 0 Å². The predicted octanol–water partition coefficient (Wildman–Crippen LogP) is 2.47. The van der Waals surface area contributed by atoms with Crippen LogP contribution in [0.2, 0.25) is 0 Å².